The Morgan fingerprint density at radius 2 is 1.38 bits per heavy atom. The predicted molar refractivity (Wildman–Crippen MR) is 90.4 cm³/mol. The molecule has 1 heterocycles. The molecule has 1 aromatic rings. The number of ketones is 1. The Labute approximate surface area is 140 Å². The average Bonchev–Trinajstić information content (AvgIpc) is 3.18. The molecule has 0 radical (unpaired) electrons. The fourth-order valence-corrected chi connectivity index (χ4v) is 4.53. The average molecular weight is 321 g/mol. The normalized spacial score (nSPS) is 30.3. The van der Waals surface area contributed by atoms with Gasteiger partial charge in [-0.1, -0.05) is 23.3 Å². The summed E-state index contributed by atoms with van der Waals surface area (Å²) >= 11 is 0. The second-order valence-electron chi connectivity index (χ2n) is 7.06. The van der Waals surface area contributed by atoms with Gasteiger partial charge in [-0.2, -0.15) is 0 Å². The Kier molecular flexibility index (Phi) is 3.14. The van der Waals surface area contributed by atoms with Crippen LogP contribution in [0.2, 0.25) is 0 Å². The molecule has 1 saturated heterocycles. The Balaban J connectivity index is 1.71. The van der Waals surface area contributed by atoms with Crippen LogP contribution in [-0.2, 0) is 9.59 Å². The van der Waals surface area contributed by atoms with Gasteiger partial charge in [0.25, 0.3) is 0 Å². The Morgan fingerprint density at radius 1 is 0.875 bits per heavy atom. The zero-order valence-corrected chi connectivity index (χ0v) is 13.9. The maximum atomic E-state index is 13.0. The van der Waals surface area contributed by atoms with E-state index in [9.17, 15) is 14.4 Å². The van der Waals surface area contributed by atoms with Gasteiger partial charge in [0.2, 0.25) is 11.8 Å². The highest BCUT2D eigenvalue weighted by molar-refractivity contribution is 6.23. The van der Waals surface area contributed by atoms with Gasteiger partial charge in [0.05, 0.1) is 17.5 Å². The number of nitrogens with zero attached hydrogens (tertiary/aromatic N) is 1. The minimum atomic E-state index is -0.273. The van der Waals surface area contributed by atoms with Crippen molar-refractivity contribution in [1.82, 2.24) is 0 Å². The zero-order chi connectivity index (χ0) is 17.2. The van der Waals surface area contributed by atoms with Crippen molar-refractivity contribution in [2.24, 2.45) is 23.7 Å². The first kappa shape index (κ1) is 15.1. The Morgan fingerprint density at radius 3 is 1.79 bits per heavy atom. The summed E-state index contributed by atoms with van der Waals surface area (Å²) < 4.78 is 0. The monoisotopic (exact) mass is 321 g/mol. The third-order valence-corrected chi connectivity index (χ3v) is 5.53. The van der Waals surface area contributed by atoms with E-state index in [-0.39, 0.29) is 41.3 Å². The Hall–Kier alpha value is -2.49. The Bertz CT molecular complexity index is 793. The zero-order valence-electron chi connectivity index (χ0n) is 13.9. The van der Waals surface area contributed by atoms with E-state index in [0.717, 1.165) is 0 Å². The molecule has 4 rings (SSSR count). The molecule has 4 nitrogen and oxygen atoms in total. The van der Waals surface area contributed by atoms with Crippen molar-refractivity contribution in [2.45, 2.75) is 20.8 Å². The molecule has 122 valence electrons. The third kappa shape index (κ3) is 1.83. The van der Waals surface area contributed by atoms with E-state index in [4.69, 9.17) is 0 Å². The van der Waals surface area contributed by atoms with Crippen molar-refractivity contribution in [3.63, 3.8) is 0 Å². The van der Waals surface area contributed by atoms with Gasteiger partial charge in [-0.3, -0.25) is 14.4 Å². The second kappa shape index (κ2) is 5.00. The SMILES string of the molecule is CC(=O)c1ccc(N2C(=O)[C@@H]3[C@H](C2=O)[C@H]2C=C[C@H]3C2=C(C)C)cc1. The summed E-state index contributed by atoms with van der Waals surface area (Å²) in [5, 5.41) is 0. The van der Waals surface area contributed by atoms with Crippen molar-refractivity contribution < 1.29 is 14.4 Å². The molecule has 1 saturated carbocycles. The molecule has 4 atom stereocenters. The van der Waals surface area contributed by atoms with E-state index >= 15 is 0 Å². The summed E-state index contributed by atoms with van der Waals surface area (Å²) in [6, 6.07) is 6.71. The van der Waals surface area contributed by atoms with Gasteiger partial charge in [-0.05, 0) is 45.0 Å². The summed E-state index contributed by atoms with van der Waals surface area (Å²) in [5.41, 5.74) is 3.59. The van der Waals surface area contributed by atoms with Crippen molar-refractivity contribution in [3.8, 4) is 0 Å². The van der Waals surface area contributed by atoms with E-state index < -0.39 is 0 Å². The van der Waals surface area contributed by atoms with E-state index in [0.29, 0.717) is 11.3 Å². The van der Waals surface area contributed by atoms with Crippen molar-refractivity contribution in [1.29, 1.82) is 0 Å². The minimum Gasteiger partial charge on any atom is -0.295 e. The number of benzene rings is 1. The molecule has 2 fully saturated rings. The van der Waals surface area contributed by atoms with E-state index in [1.807, 2.05) is 0 Å². The van der Waals surface area contributed by atoms with Crippen molar-refractivity contribution in [2.75, 3.05) is 4.90 Å². The number of carbonyl (C=O) groups excluding carboxylic acids is 3. The van der Waals surface area contributed by atoms with Crippen LogP contribution in [0.25, 0.3) is 0 Å². The number of carbonyl (C=O) groups is 3. The summed E-state index contributed by atoms with van der Waals surface area (Å²) in [6.07, 6.45) is 4.17. The number of rotatable bonds is 2. The van der Waals surface area contributed by atoms with Crippen LogP contribution in [0.3, 0.4) is 0 Å². The molecule has 24 heavy (non-hydrogen) atoms. The number of Topliss-reactive ketones (excluding diaryl/α,β-unsaturated/α-hetero) is 1. The van der Waals surface area contributed by atoms with Crippen LogP contribution in [0.15, 0.2) is 47.6 Å². The van der Waals surface area contributed by atoms with E-state index in [2.05, 4.69) is 26.0 Å². The minimum absolute atomic E-state index is 0.0343. The highest BCUT2D eigenvalue weighted by Crippen LogP contribution is 2.57. The molecular formula is C20H19NO3. The molecule has 3 aliphatic rings. The van der Waals surface area contributed by atoms with Crippen LogP contribution < -0.4 is 4.90 Å². The largest absolute Gasteiger partial charge is 0.295 e. The summed E-state index contributed by atoms with van der Waals surface area (Å²) in [4.78, 5) is 38.6. The van der Waals surface area contributed by atoms with Crippen LogP contribution in [0.1, 0.15) is 31.1 Å². The topological polar surface area (TPSA) is 54.5 Å². The van der Waals surface area contributed by atoms with Gasteiger partial charge < -0.3 is 0 Å². The molecule has 0 unspecified atom stereocenters. The first-order valence-corrected chi connectivity index (χ1v) is 8.26. The van der Waals surface area contributed by atoms with E-state index in [1.54, 1.807) is 24.3 Å². The van der Waals surface area contributed by atoms with Gasteiger partial charge in [0.1, 0.15) is 0 Å². The first-order valence-electron chi connectivity index (χ1n) is 8.26. The molecule has 1 aromatic carbocycles. The number of hydrogen-bond acceptors (Lipinski definition) is 3. The standard InChI is InChI=1S/C20H19NO3/c1-10(2)16-14-8-9-15(16)18-17(14)19(23)21(20(18)24)13-6-4-12(5-7-13)11(3)22/h4-9,14-15,17-18H,1-3H3/t14-,15-,17-,18+/m0/s1. The summed E-state index contributed by atoms with van der Waals surface area (Å²) in [6.45, 7) is 5.60. The second-order valence-corrected chi connectivity index (χ2v) is 7.06. The predicted octanol–water partition coefficient (Wildman–Crippen LogP) is 3.15. The van der Waals surface area contributed by atoms with Gasteiger partial charge in [-0.15, -0.1) is 0 Å². The van der Waals surface area contributed by atoms with Gasteiger partial charge in [0, 0.05) is 17.4 Å². The lowest BCUT2D eigenvalue weighted by Gasteiger charge is -2.19. The smallest absolute Gasteiger partial charge is 0.238 e. The molecule has 0 N–H and O–H groups in total. The molecule has 2 bridgehead atoms. The van der Waals surface area contributed by atoms with Crippen molar-refractivity contribution in [3.05, 3.63) is 53.1 Å². The quantitative estimate of drug-likeness (QED) is 0.478. The maximum Gasteiger partial charge on any atom is 0.238 e. The number of anilines is 1. The third-order valence-electron chi connectivity index (χ3n) is 5.53. The molecule has 4 heteroatoms. The number of allylic oxidation sites excluding steroid dienone is 4. The van der Waals surface area contributed by atoms with Gasteiger partial charge in [0.15, 0.2) is 5.78 Å². The molecule has 1 aliphatic heterocycles. The lowest BCUT2D eigenvalue weighted by molar-refractivity contribution is -0.122. The number of fused-ring (bicyclic) bond motifs is 5. The number of imide groups is 1. The van der Waals surface area contributed by atoms with Crippen molar-refractivity contribution >= 4 is 23.3 Å². The van der Waals surface area contributed by atoms with Crippen LogP contribution in [-0.4, -0.2) is 17.6 Å². The summed E-state index contributed by atoms with van der Waals surface area (Å²) in [7, 11) is 0. The van der Waals surface area contributed by atoms with Crippen LogP contribution >= 0.6 is 0 Å². The van der Waals surface area contributed by atoms with Crippen LogP contribution in [0.5, 0.6) is 0 Å². The molecule has 0 spiro atoms. The maximum absolute atomic E-state index is 13.0. The highest BCUT2D eigenvalue weighted by atomic mass is 16.2. The van der Waals surface area contributed by atoms with Gasteiger partial charge in [-0.25, -0.2) is 4.90 Å². The lowest BCUT2D eigenvalue weighted by atomic mass is 9.85. The lowest BCUT2D eigenvalue weighted by Crippen LogP contribution is -2.33. The number of amides is 2. The van der Waals surface area contributed by atoms with Gasteiger partial charge >= 0.3 is 0 Å². The van der Waals surface area contributed by atoms with Crippen LogP contribution in [0, 0.1) is 23.7 Å². The first-order chi connectivity index (χ1) is 11.4. The fourth-order valence-electron chi connectivity index (χ4n) is 4.53. The highest BCUT2D eigenvalue weighted by Gasteiger charge is 2.61. The van der Waals surface area contributed by atoms with Crippen LogP contribution in [0.4, 0.5) is 5.69 Å². The summed E-state index contributed by atoms with van der Waals surface area (Å²) in [5.74, 6) is -0.694. The molecular weight excluding hydrogens is 302 g/mol. The molecule has 2 aliphatic carbocycles. The number of hydrogen-bond donors (Lipinski definition) is 0. The van der Waals surface area contributed by atoms with E-state index in [1.165, 1.54) is 23.0 Å². The fraction of sp³-hybridized carbons (Fsp3) is 0.350. The molecule has 2 amide bonds. The molecule has 0 aromatic heterocycles.